The molecule has 0 bridgehead atoms. The van der Waals surface area contributed by atoms with Crippen molar-refractivity contribution in [3.05, 3.63) is 29.8 Å². The van der Waals surface area contributed by atoms with E-state index >= 15 is 0 Å². The van der Waals surface area contributed by atoms with E-state index in [1.165, 1.54) is 19.3 Å². The van der Waals surface area contributed by atoms with Crippen molar-refractivity contribution >= 4 is 5.97 Å². The Morgan fingerprint density at radius 3 is 2.52 bits per heavy atom. The molecule has 0 aliphatic heterocycles. The second-order valence-corrected chi connectivity index (χ2v) is 5.25. The standard InChI is InChI=1S/C17H25FO3/c1-2-3-4-5-13-21-15-11-9-14(10-12-15)7-6-8-16(18)17(19)20/h9-12,16H,2-8,13H2,1H3,(H,19,20). The quantitative estimate of drug-likeness (QED) is 0.616. The fourth-order valence-electron chi connectivity index (χ4n) is 2.08. The lowest BCUT2D eigenvalue weighted by atomic mass is 10.1. The summed E-state index contributed by atoms with van der Waals surface area (Å²) in [4.78, 5) is 10.4. The minimum absolute atomic E-state index is 0.0605. The van der Waals surface area contributed by atoms with E-state index in [9.17, 15) is 9.18 Å². The lowest BCUT2D eigenvalue weighted by Crippen LogP contribution is -2.14. The first kappa shape index (κ1) is 17.5. The van der Waals surface area contributed by atoms with E-state index in [0.29, 0.717) is 12.8 Å². The number of aliphatic carboxylic acids is 1. The van der Waals surface area contributed by atoms with Gasteiger partial charge in [0, 0.05) is 0 Å². The Balaban J connectivity index is 2.22. The molecule has 0 aromatic heterocycles. The predicted molar refractivity (Wildman–Crippen MR) is 81.5 cm³/mol. The van der Waals surface area contributed by atoms with Gasteiger partial charge in [0.25, 0.3) is 0 Å². The zero-order chi connectivity index (χ0) is 15.5. The summed E-state index contributed by atoms with van der Waals surface area (Å²) in [5.41, 5.74) is 1.07. The molecule has 0 aliphatic rings. The summed E-state index contributed by atoms with van der Waals surface area (Å²) < 4.78 is 18.5. The summed E-state index contributed by atoms with van der Waals surface area (Å²) in [6.07, 6.45) is 4.26. The van der Waals surface area contributed by atoms with Crippen molar-refractivity contribution in [2.75, 3.05) is 6.61 Å². The normalized spacial score (nSPS) is 12.1. The van der Waals surface area contributed by atoms with Crippen LogP contribution in [0.2, 0.25) is 0 Å². The molecule has 1 rings (SSSR count). The van der Waals surface area contributed by atoms with Gasteiger partial charge in [-0.2, -0.15) is 0 Å². The largest absolute Gasteiger partial charge is 0.494 e. The van der Waals surface area contributed by atoms with Gasteiger partial charge in [0.05, 0.1) is 6.61 Å². The minimum Gasteiger partial charge on any atom is -0.494 e. The topological polar surface area (TPSA) is 46.5 Å². The molecule has 4 heteroatoms. The number of halogens is 1. The molecule has 118 valence electrons. The second-order valence-electron chi connectivity index (χ2n) is 5.25. The number of hydrogen-bond donors (Lipinski definition) is 1. The van der Waals surface area contributed by atoms with E-state index in [1.807, 2.05) is 24.3 Å². The minimum atomic E-state index is -1.75. The third kappa shape index (κ3) is 7.69. The van der Waals surface area contributed by atoms with Gasteiger partial charge in [-0.15, -0.1) is 0 Å². The Hall–Kier alpha value is -1.58. The number of aryl methyl sites for hydroxylation is 1. The van der Waals surface area contributed by atoms with Gasteiger partial charge in [-0.3, -0.25) is 0 Å². The second kappa shape index (κ2) is 10.2. The molecule has 1 atom stereocenters. The van der Waals surface area contributed by atoms with Crippen LogP contribution in [0.3, 0.4) is 0 Å². The maximum atomic E-state index is 12.9. The van der Waals surface area contributed by atoms with Gasteiger partial charge in [0.1, 0.15) is 5.75 Å². The lowest BCUT2D eigenvalue weighted by Gasteiger charge is -2.07. The molecule has 0 aliphatic carbocycles. The number of benzene rings is 1. The number of carboxylic acids is 1. The molecule has 0 saturated heterocycles. The van der Waals surface area contributed by atoms with Gasteiger partial charge >= 0.3 is 5.97 Å². The van der Waals surface area contributed by atoms with E-state index in [1.54, 1.807) is 0 Å². The average Bonchev–Trinajstić information content (AvgIpc) is 2.48. The van der Waals surface area contributed by atoms with Gasteiger partial charge in [0.15, 0.2) is 6.17 Å². The number of hydrogen-bond acceptors (Lipinski definition) is 2. The fraction of sp³-hybridized carbons (Fsp3) is 0.588. The van der Waals surface area contributed by atoms with Gasteiger partial charge in [-0.05, 0) is 43.4 Å². The number of rotatable bonds is 11. The Labute approximate surface area is 126 Å². The molecule has 0 fully saturated rings. The molecule has 1 unspecified atom stereocenters. The Kier molecular flexibility index (Phi) is 8.48. The van der Waals surface area contributed by atoms with E-state index in [-0.39, 0.29) is 6.42 Å². The first-order valence-electron chi connectivity index (χ1n) is 7.72. The molecule has 1 aromatic rings. The van der Waals surface area contributed by atoms with Gasteiger partial charge < -0.3 is 9.84 Å². The van der Waals surface area contributed by atoms with Gasteiger partial charge in [-0.25, -0.2) is 9.18 Å². The summed E-state index contributed by atoms with van der Waals surface area (Å²) in [5.74, 6) is -0.522. The van der Waals surface area contributed by atoms with E-state index in [4.69, 9.17) is 9.84 Å². The van der Waals surface area contributed by atoms with Crippen LogP contribution >= 0.6 is 0 Å². The molecular formula is C17H25FO3. The first-order valence-corrected chi connectivity index (χ1v) is 7.72. The van der Waals surface area contributed by atoms with Crippen LogP contribution in [0, 0.1) is 0 Å². The summed E-state index contributed by atoms with van der Waals surface area (Å²) >= 11 is 0. The number of ether oxygens (including phenoxy) is 1. The molecule has 0 saturated carbocycles. The third-order valence-electron chi connectivity index (χ3n) is 3.38. The van der Waals surface area contributed by atoms with Crippen molar-refractivity contribution in [1.29, 1.82) is 0 Å². The monoisotopic (exact) mass is 296 g/mol. The summed E-state index contributed by atoms with van der Waals surface area (Å²) in [6.45, 7) is 2.92. The van der Waals surface area contributed by atoms with Crippen molar-refractivity contribution in [2.24, 2.45) is 0 Å². The molecule has 1 N–H and O–H groups in total. The fourth-order valence-corrected chi connectivity index (χ4v) is 2.08. The number of alkyl halides is 1. The lowest BCUT2D eigenvalue weighted by molar-refractivity contribution is -0.143. The Morgan fingerprint density at radius 1 is 1.19 bits per heavy atom. The van der Waals surface area contributed by atoms with Gasteiger partial charge in [-0.1, -0.05) is 38.3 Å². The highest BCUT2D eigenvalue weighted by molar-refractivity contribution is 5.71. The molecule has 0 radical (unpaired) electrons. The molecule has 0 amide bonds. The average molecular weight is 296 g/mol. The summed E-state index contributed by atoms with van der Waals surface area (Å²) in [6, 6.07) is 7.74. The molecule has 0 heterocycles. The summed E-state index contributed by atoms with van der Waals surface area (Å²) in [5, 5.41) is 8.46. The van der Waals surface area contributed by atoms with Crippen molar-refractivity contribution in [3.8, 4) is 5.75 Å². The van der Waals surface area contributed by atoms with Crippen LogP contribution in [-0.4, -0.2) is 23.9 Å². The highest BCUT2D eigenvalue weighted by Gasteiger charge is 2.14. The van der Waals surface area contributed by atoms with E-state index in [2.05, 4.69) is 6.92 Å². The number of carboxylic acid groups (broad SMARTS) is 1. The molecule has 3 nitrogen and oxygen atoms in total. The van der Waals surface area contributed by atoms with Crippen LogP contribution in [0.5, 0.6) is 5.75 Å². The van der Waals surface area contributed by atoms with Crippen LogP contribution in [-0.2, 0) is 11.2 Å². The highest BCUT2D eigenvalue weighted by Crippen LogP contribution is 2.15. The number of carbonyl (C=O) groups is 1. The number of unbranched alkanes of at least 4 members (excludes halogenated alkanes) is 3. The third-order valence-corrected chi connectivity index (χ3v) is 3.38. The van der Waals surface area contributed by atoms with Crippen LogP contribution in [0.25, 0.3) is 0 Å². The van der Waals surface area contributed by atoms with Gasteiger partial charge in [0.2, 0.25) is 0 Å². The predicted octanol–water partition coefficient (Wildman–Crippen LogP) is 4.39. The molecule has 0 spiro atoms. The zero-order valence-corrected chi connectivity index (χ0v) is 12.7. The molecule has 21 heavy (non-hydrogen) atoms. The van der Waals surface area contributed by atoms with Crippen molar-refractivity contribution in [3.63, 3.8) is 0 Å². The summed E-state index contributed by atoms with van der Waals surface area (Å²) in [7, 11) is 0. The smallest absolute Gasteiger partial charge is 0.338 e. The van der Waals surface area contributed by atoms with Crippen LogP contribution in [0.1, 0.15) is 51.0 Å². The molecule has 1 aromatic carbocycles. The van der Waals surface area contributed by atoms with Crippen LogP contribution in [0.4, 0.5) is 4.39 Å². The van der Waals surface area contributed by atoms with Crippen LogP contribution in [0.15, 0.2) is 24.3 Å². The maximum absolute atomic E-state index is 12.9. The Bertz CT molecular complexity index is 403. The van der Waals surface area contributed by atoms with Crippen molar-refractivity contribution in [2.45, 2.75) is 58.0 Å². The van der Waals surface area contributed by atoms with Crippen LogP contribution < -0.4 is 4.74 Å². The van der Waals surface area contributed by atoms with E-state index in [0.717, 1.165) is 24.3 Å². The molecular weight excluding hydrogens is 271 g/mol. The maximum Gasteiger partial charge on any atom is 0.338 e. The van der Waals surface area contributed by atoms with Crippen molar-refractivity contribution < 1.29 is 19.0 Å². The first-order chi connectivity index (χ1) is 10.1. The Morgan fingerprint density at radius 2 is 1.90 bits per heavy atom. The zero-order valence-electron chi connectivity index (χ0n) is 12.7. The van der Waals surface area contributed by atoms with Crippen molar-refractivity contribution in [1.82, 2.24) is 0 Å². The SMILES string of the molecule is CCCCCCOc1ccc(CCCC(F)C(=O)O)cc1. The van der Waals surface area contributed by atoms with E-state index < -0.39 is 12.1 Å². The highest BCUT2D eigenvalue weighted by atomic mass is 19.1.